The van der Waals surface area contributed by atoms with E-state index in [0.29, 0.717) is 5.41 Å². The Morgan fingerprint density at radius 1 is 0.931 bits per heavy atom. The van der Waals surface area contributed by atoms with Gasteiger partial charge in [0.1, 0.15) is 0 Å². The minimum Gasteiger partial charge on any atom is -0.481 e. The van der Waals surface area contributed by atoms with Crippen LogP contribution in [0.3, 0.4) is 0 Å². The molecule has 1 aliphatic rings. The fourth-order valence-corrected chi connectivity index (χ4v) is 4.60. The Hall–Kier alpha value is -1.31. The molecule has 0 bridgehead atoms. The topological polar surface area (TPSA) is 37.3 Å². The van der Waals surface area contributed by atoms with Gasteiger partial charge in [-0.05, 0) is 105 Å². The Bertz CT molecular complexity index is 689. The van der Waals surface area contributed by atoms with Crippen LogP contribution < -0.4 is 0 Å². The summed E-state index contributed by atoms with van der Waals surface area (Å²) < 4.78 is 0. The molecule has 0 aromatic heterocycles. The molecule has 2 nitrogen and oxygen atoms in total. The van der Waals surface area contributed by atoms with Crippen molar-refractivity contribution in [2.45, 2.75) is 119 Å². The number of aryl methyl sites for hydroxylation is 2. The highest BCUT2D eigenvalue weighted by atomic mass is 16.4. The molecule has 1 aromatic rings. The van der Waals surface area contributed by atoms with Crippen molar-refractivity contribution >= 4 is 5.97 Å². The maximum absolute atomic E-state index is 11.3. The molecule has 1 N–H and O–H groups in total. The summed E-state index contributed by atoms with van der Waals surface area (Å²) in [6.07, 6.45) is 13.6. The zero-order valence-electron chi connectivity index (χ0n) is 19.9. The summed E-state index contributed by atoms with van der Waals surface area (Å²) in [6, 6.07) is 2.42. The van der Waals surface area contributed by atoms with Crippen LogP contribution in [0.1, 0.15) is 113 Å². The summed E-state index contributed by atoms with van der Waals surface area (Å²) in [4.78, 5) is 11.3. The van der Waals surface area contributed by atoms with E-state index in [4.69, 9.17) is 0 Å². The Labute approximate surface area is 179 Å². The molecule has 2 heteroatoms. The normalized spacial score (nSPS) is 15.5. The van der Waals surface area contributed by atoms with Crippen LogP contribution in [0.2, 0.25) is 0 Å². The summed E-state index contributed by atoms with van der Waals surface area (Å²) in [5, 5.41) is 9.33. The van der Waals surface area contributed by atoms with Gasteiger partial charge in [-0.25, -0.2) is 0 Å². The van der Waals surface area contributed by atoms with Gasteiger partial charge in [0.15, 0.2) is 0 Å². The molecule has 1 fully saturated rings. The van der Waals surface area contributed by atoms with Crippen LogP contribution in [0.25, 0.3) is 0 Å². The lowest BCUT2D eigenvalue weighted by Gasteiger charge is -2.19. The molecule has 0 aliphatic heterocycles. The number of benzene rings is 1. The van der Waals surface area contributed by atoms with Crippen molar-refractivity contribution in [3.63, 3.8) is 0 Å². The third-order valence-corrected chi connectivity index (χ3v) is 7.15. The van der Waals surface area contributed by atoms with E-state index >= 15 is 0 Å². The first-order valence-electron chi connectivity index (χ1n) is 11.9. The maximum Gasteiger partial charge on any atom is 0.309 e. The molecule has 0 amide bonds. The smallest absolute Gasteiger partial charge is 0.309 e. The van der Waals surface area contributed by atoms with Crippen molar-refractivity contribution in [2.75, 3.05) is 0 Å². The first-order valence-corrected chi connectivity index (χ1v) is 11.9. The summed E-state index contributed by atoms with van der Waals surface area (Å²) in [6.45, 7) is 13.8. The quantitative estimate of drug-likeness (QED) is 0.364. The first kappa shape index (κ1) is 24.0. The van der Waals surface area contributed by atoms with Crippen molar-refractivity contribution in [3.8, 4) is 0 Å². The van der Waals surface area contributed by atoms with Gasteiger partial charge in [-0.1, -0.05) is 52.5 Å². The number of hydrogen-bond donors (Lipinski definition) is 1. The van der Waals surface area contributed by atoms with Crippen LogP contribution in [0.15, 0.2) is 6.07 Å². The summed E-state index contributed by atoms with van der Waals surface area (Å²) >= 11 is 0. The number of carboxylic acids is 1. The van der Waals surface area contributed by atoms with Gasteiger partial charge < -0.3 is 5.11 Å². The number of hydrogen-bond acceptors (Lipinski definition) is 1. The average molecular weight is 401 g/mol. The molecule has 2 rings (SSSR count). The van der Waals surface area contributed by atoms with Crippen LogP contribution in [0, 0.1) is 31.6 Å². The number of carbonyl (C=O) groups is 1. The zero-order valence-corrected chi connectivity index (χ0v) is 19.9. The SMILES string of the molecule is Cc1cc(CCCCCC2(C(=O)O)CC2)c(CCCCCC(C)(C)C)c(C)c1C. The minimum absolute atomic E-state index is 0.352. The highest BCUT2D eigenvalue weighted by molar-refractivity contribution is 5.77. The van der Waals surface area contributed by atoms with Crippen LogP contribution in [0.5, 0.6) is 0 Å². The largest absolute Gasteiger partial charge is 0.481 e. The average Bonchev–Trinajstić information content (AvgIpc) is 3.41. The van der Waals surface area contributed by atoms with Gasteiger partial charge >= 0.3 is 5.97 Å². The van der Waals surface area contributed by atoms with E-state index in [2.05, 4.69) is 47.6 Å². The monoisotopic (exact) mass is 400 g/mol. The lowest BCUT2D eigenvalue weighted by atomic mass is 9.86. The Morgan fingerprint density at radius 2 is 1.55 bits per heavy atom. The van der Waals surface area contributed by atoms with Crippen molar-refractivity contribution in [3.05, 3.63) is 33.9 Å². The van der Waals surface area contributed by atoms with Gasteiger partial charge in [0.25, 0.3) is 0 Å². The Morgan fingerprint density at radius 3 is 2.14 bits per heavy atom. The fraction of sp³-hybridized carbons (Fsp3) is 0.741. The molecule has 1 aliphatic carbocycles. The molecule has 0 unspecified atom stereocenters. The molecule has 0 saturated heterocycles. The standard InChI is InChI=1S/C27H44O2/c1-20-19-23(13-9-7-12-16-27(17-18-27)25(28)29)24(22(3)21(20)2)14-10-8-11-15-26(4,5)6/h19H,7-18H2,1-6H3,(H,28,29). The molecule has 1 saturated carbocycles. The molecular formula is C27H44O2. The fourth-order valence-electron chi connectivity index (χ4n) is 4.60. The molecule has 0 radical (unpaired) electrons. The molecule has 0 heterocycles. The molecular weight excluding hydrogens is 356 g/mol. The van der Waals surface area contributed by atoms with Gasteiger partial charge in [-0.3, -0.25) is 4.79 Å². The summed E-state index contributed by atoms with van der Waals surface area (Å²) in [5.41, 5.74) is 7.59. The van der Waals surface area contributed by atoms with Crippen LogP contribution in [-0.2, 0) is 17.6 Å². The Balaban J connectivity index is 1.86. The predicted octanol–water partition coefficient (Wildman–Crippen LogP) is 7.73. The van der Waals surface area contributed by atoms with E-state index < -0.39 is 5.97 Å². The van der Waals surface area contributed by atoms with Gasteiger partial charge in [-0.15, -0.1) is 0 Å². The van der Waals surface area contributed by atoms with E-state index in [1.54, 1.807) is 11.1 Å². The second-order valence-electron chi connectivity index (χ2n) is 10.8. The minimum atomic E-state index is -0.573. The number of carboxylic acid groups (broad SMARTS) is 1. The second-order valence-corrected chi connectivity index (χ2v) is 10.8. The zero-order chi connectivity index (χ0) is 21.7. The molecule has 29 heavy (non-hydrogen) atoms. The number of unbranched alkanes of at least 4 members (excludes halogenated alkanes) is 4. The van der Waals surface area contributed by atoms with E-state index in [-0.39, 0.29) is 5.41 Å². The third kappa shape index (κ3) is 7.15. The van der Waals surface area contributed by atoms with Gasteiger partial charge in [-0.2, -0.15) is 0 Å². The lowest BCUT2D eigenvalue weighted by molar-refractivity contribution is -0.143. The van der Waals surface area contributed by atoms with Crippen LogP contribution in [0.4, 0.5) is 0 Å². The highest BCUT2D eigenvalue weighted by Gasteiger charge is 2.49. The van der Waals surface area contributed by atoms with Crippen molar-refractivity contribution in [1.29, 1.82) is 0 Å². The van der Waals surface area contributed by atoms with E-state index in [9.17, 15) is 9.90 Å². The molecule has 0 spiro atoms. The van der Waals surface area contributed by atoms with Crippen molar-refractivity contribution in [2.24, 2.45) is 10.8 Å². The highest BCUT2D eigenvalue weighted by Crippen LogP contribution is 2.50. The maximum atomic E-state index is 11.3. The lowest BCUT2D eigenvalue weighted by Crippen LogP contribution is -2.14. The van der Waals surface area contributed by atoms with Gasteiger partial charge in [0.2, 0.25) is 0 Å². The van der Waals surface area contributed by atoms with Gasteiger partial charge in [0.05, 0.1) is 5.41 Å². The van der Waals surface area contributed by atoms with E-state index in [1.165, 1.54) is 55.2 Å². The summed E-state index contributed by atoms with van der Waals surface area (Å²) in [7, 11) is 0. The first-order chi connectivity index (χ1) is 13.6. The molecule has 0 atom stereocenters. The molecule has 164 valence electrons. The second kappa shape index (κ2) is 10.1. The summed E-state index contributed by atoms with van der Waals surface area (Å²) in [5.74, 6) is -0.573. The van der Waals surface area contributed by atoms with Crippen LogP contribution >= 0.6 is 0 Å². The third-order valence-electron chi connectivity index (χ3n) is 7.15. The number of aliphatic carboxylic acids is 1. The van der Waals surface area contributed by atoms with Crippen molar-refractivity contribution in [1.82, 2.24) is 0 Å². The number of rotatable bonds is 12. The molecule has 1 aromatic carbocycles. The van der Waals surface area contributed by atoms with Gasteiger partial charge in [0, 0.05) is 0 Å². The van der Waals surface area contributed by atoms with E-state index in [1.807, 2.05) is 0 Å². The van der Waals surface area contributed by atoms with Crippen LogP contribution in [-0.4, -0.2) is 11.1 Å². The Kier molecular flexibility index (Phi) is 8.37. The predicted molar refractivity (Wildman–Crippen MR) is 124 cm³/mol. The van der Waals surface area contributed by atoms with Crippen molar-refractivity contribution < 1.29 is 9.90 Å². The van der Waals surface area contributed by atoms with E-state index in [0.717, 1.165) is 38.5 Å².